The molecule has 140 valence electrons. The largest absolute Gasteiger partial charge is 0.506 e. The summed E-state index contributed by atoms with van der Waals surface area (Å²) in [5.74, 6) is -1.42. The van der Waals surface area contributed by atoms with Gasteiger partial charge in [0.2, 0.25) is 0 Å². The summed E-state index contributed by atoms with van der Waals surface area (Å²) in [6.07, 6.45) is 0.367. The number of hydrogen-bond acceptors (Lipinski definition) is 6. The first-order valence-corrected chi connectivity index (χ1v) is 11.2. The Bertz CT molecular complexity index is 868. The minimum atomic E-state index is -0.283. The molecular weight excluding hydrogens is 796 g/mol. The Balaban J connectivity index is 2.41. The van der Waals surface area contributed by atoms with Crippen LogP contribution in [0.5, 0.6) is 34.5 Å². The summed E-state index contributed by atoms with van der Waals surface area (Å²) in [5, 5.41) is 60.7. The van der Waals surface area contributed by atoms with Gasteiger partial charge in [-0.05, 0) is 109 Å². The van der Waals surface area contributed by atoms with E-state index in [0.29, 0.717) is 5.57 Å². The van der Waals surface area contributed by atoms with Crippen LogP contribution in [0, 0.1) is 14.3 Å². The van der Waals surface area contributed by atoms with E-state index in [1.807, 2.05) is 0 Å². The van der Waals surface area contributed by atoms with E-state index < -0.39 is 0 Å². The van der Waals surface area contributed by atoms with Crippen LogP contribution in [0.1, 0.15) is 17.5 Å². The van der Waals surface area contributed by atoms with Gasteiger partial charge in [0.05, 0.1) is 19.8 Å². The van der Waals surface area contributed by atoms with Crippen LogP contribution in [0.3, 0.4) is 0 Å². The highest BCUT2D eigenvalue weighted by atomic mass is 127. The lowest BCUT2D eigenvalue weighted by molar-refractivity contribution is 0.409. The molecule has 2 rings (SSSR count). The normalized spacial score (nSPS) is 10.9. The van der Waals surface area contributed by atoms with Crippen LogP contribution in [0.4, 0.5) is 0 Å². The number of allylic oxidation sites excluding steroid dienone is 1. The quantitative estimate of drug-likeness (QED) is 0.243. The number of phenolic OH excluding ortho intramolecular Hbond substituents is 6. The first kappa shape index (κ1) is 22.2. The third-order valence-electron chi connectivity index (χ3n) is 3.74. The molecule has 0 aliphatic carbocycles. The summed E-state index contributed by atoms with van der Waals surface area (Å²) in [4.78, 5) is 0. The number of aromatic hydroxyl groups is 6. The monoisotopic (exact) mass is 808 g/mol. The standard InChI is InChI=1S/C16H12I4O6/c1-4(6-13(23)9(19)16(26)10(20)14(6)24)2-3-5-11(21)7(17)15(25)8(18)12(5)22/h21-26H,1-3H2. The summed E-state index contributed by atoms with van der Waals surface area (Å²) >= 11 is 7.09. The van der Waals surface area contributed by atoms with Crippen molar-refractivity contribution in [2.75, 3.05) is 0 Å². The molecule has 0 saturated carbocycles. The van der Waals surface area contributed by atoms with Crippen molar-refractivity contribution in [3.8, 4) is 34.5 Å². The zero-order valence-corrected chi connectivity index (χ0v) is 21.4. The van der Waals surface area contributed by atoms with Crippen LogP contribution in [0.15, 0.2) is 6.58 Å². The number of benzene rings is 2. The molecule has 26 heavy (non-hydrogen) atoms. The fourth-order valence-electron chi connectivity index (χ4n) is 2.32. The maximum atomic E-state index is 10.3. The summed E-state index contributed by atoms with van der Waals surface area (Å²) in [6.45, 7) is 3.87. The van der Waals surface area contributed by atoms with Crippen molar-refractivity contribution in [1.82, 2.24) is 0 Å². The van der Waals surface area contributed by atoms with Gasteiger partial charge in [-0.2, -0.15) is 0 Å². The van der Waals surface area contributed by atoms with Crippen LogP contribution in [0.2, 0.25) is 0 Å². The average Bonchev–Trinajstić information content (AvgIpc) is 2.61. The first-order valence-electron chi connectivity index (χ1n) is 6.91. The molecule has 6 nitrogen and oxygen atoms in total. The minimum Gasteiger partial charge on any atom is -0.506 e. The second kappa shape index (κ2) is 8.50. The Morgan fingerprint density at radius 1 is 0.615 bits per heavy atom. The van der Waals surface area contributed by atoms with E-state index >= 15 is 0 Å². The molecule has 0 heterocycles. The van der Waals surface area contributed by atoms with E-state index in [4.69, 9.17) is 0 Å². The number of rotatable bonds is 4. The van der Waals surface area contributed by atoms with Crippen LogP contribution in [0.25, 0.3) is 5.57 Å². The van der Waals surface area contributed by atoms with Crippen molar-refractivity contribution in [3.63, 3.8) is 0 Å². The van der Waals surface area contributed by atoms with Gasteiger partial charge in [0.1, 0.15) is 34.5 Å². The topological polar surface area (TPSA) is 121 Å². The smallest absolute Gasteiger partial charge is 0.149 e. The average molecular weight is 808 g/mol. The lowest BCUT2D eigenvalue weighted by Crippen LogP contribution is -1.97. The Labute approximate surface area is 203 Å². The van der Waals surface area contributed by atoms with Gasteiger partial charge in [0, 0.05) is 5.56 Å². The summed E-state index contributed by atoms with van der Waals surface area (Å²) in [7, 11) is 0. The number of phenols is 6. The molecule has 0 saturated heterocycles. The molecule has 6 N–H and O–H groups in total. The summed E-state index contributed by atoms with van der Waals surface area (Å²) in [5.41, 5.74) is 0.714. The van der Waals surface area contributed by atoms with E-state index in [-0.39, 0.29) is 72.7 Å². The highest BCUT2D eigenvalue weighted by molar-refractivity contribution is 14.1. The first-order chi connectivity index (χ1) is 12.0. The Morgan fingerprint density at radius 3 is 1.35 bits per heavy atom. The van der Waals surface area contributed by atoms with Gasteiger partial charge in [-0.3, -0.25) is 0 Å². The second-order valence-corrected chi connectivity index (χ2v) is 9.62. The molecule has 0 aliphatic rings. The Hall–Kier alpha value is -0.100. The molecule has 2 aromatic carbocycles. The second-order valence-electron chi connectivity index (χ2n) is 5.30. The lowest BCUT2D eigenvalue weighted by Gasteiger charge is -2.16. The van der Waals surface area contributed by atoms with Crippen molar-refractivity contribution in [1.29, 1.82) is 0 Å². The minimum absolute atomic E-state index is 0.110. The van der Waals surface area contributed by atoms with E-state index in [1.165, 1.54) is 0 Å². The van der Waals surface area contributed by atoms with E-state index in [0.717, 1.165) is 0 Å². The SMILES string of the molecule is C=C(CCc1c(O)c(I)c(O)c(I)c1O)c1c(O)c(I)c(O)c(I)c1O. The van der Waals surface area contributed by atoms with Crippen LogP contribution >= 0.6 is 90.4 Å². The highest BCUT2D eigenvalue weighted by Crippen LogP contribution is 2.48. The summed E-state index contributed by atoms with van der Waals surface area (Å²) in [6, 6.07) is 0. The molecule has 0 fully saturated rings. The molecule has 0 atom stereocenters. The number of hydrogen-bond donors (Lipinski definition) is 6. The zero-order valence-electron chi connectivity index (χ0n) is 12.8. The molecular formula is C16H12I4O6. The van der Waals surface area contributed by atoms with Crippen LogP contribution in [-0.2, 0) is 6.42 Å². The molecule has 0 aromatic heterocycles. The third-order valence-corrected chi connectivity index (χ3v) is 7.83. The fraction of sp³-hybridized carbons (Fsp3) is 0.125. The number of halogens is 4. The van der Waals surface area contributed by atoms with Crippen LogP contribution < -0.4 is 0 Å². The van der Waals surface area contributed by atoms with Gasteiger partial charge in [-0.25, -0.2) is 0 Å². The predicted molar refractivity (Wildman–Crippen MR) is 131 cm³/mol. The van der Waals surface area contributed by atoms with Crippen LogP contribution in [-0.4, -0.2) is 30.6 Å². The Kier molecular flexibility index (Phi) is 7.26. The summed E-state index contributed by atoms with van der Waals surface area (Å²) < 4.78 is 0.843. The fourth-order valence-corrected chi connectivity index (χ4v) is 5.62. The molecule has 0 aliphatic heterocycles. The van der Waals surface area contributed by atoms with Crippen molar-refractivity contribution in [2.45, 2.75) is 12.8 Å². The molecule has 10 heteroatoms. The molecule has 0 bridgehead atoms. The predicted octanol–water partition coefficient (Wildman–Crippen LogP) is 4.98. The van der Waals surface area contributed by atoms with E-state index in [1.54, 1.807) is 90.4 Å². The van der Waals surface area contributed by atoms with Gasteiger partial charge in [-0.1, -0.05) is 6.58 Å². The van der Waals surface area contributed by atoms with Gasteiger partial charge in [0.15, 0.2) is 0 Å². The zero-order chi connectivity index (χ0) is 19.9. The van der Waals surface area contributed by atoms with E-state index in [9.17, 15) is 30.6 Å². The van der Waals surface area contributed by atoms with Crippen molar-refractivity contribution >= 4 is 95.9 Å². The van der Waals surface area contributed by atoms with Gasteiger partial charge in [0.25, 0.3) is 0 Å². The van der Waals surface area contributed by atoms with Crippen molar-refractivity contribution in [2.24, 2.45) is 0 Å². The van der Waals surface area contributed by atoms with Crippen molar-refractivity contribution in [3.05, 3.63) is 32.0 Å². The van der Waals surface area contributed by atoms with Crippen molar-refractivity contribution < 1.29 is 30.6 Å². The molecule has 2 aromatic rings. The molecule has 0 radical (unpaired) electrons. The van der Waals surface area contributed by atoms with E-state index in [2.05, 4.69) is 6.58 Å². The molecule has 0 unspecified atom stereocenters. The Morgan fingerprint density at radius 2 is 0.962 bits per heavy atom. The maximum Gasteiger partial charge on any atom is 0.149 e. The maximum absolute atomic E-state index is 10.3. The highest BCUT2D eigenvalue weighted by Gasteiger charge is 2.24. The lowest BCUT2D eigenvalue weighted by atomic mass is 9.97. The molecule has 0 amide bonds. The van der Waals surface area contributed by atoms with Gasteiger partial charge < -0.3 is 30.6 Å². The van der Waals surface area contributed by atoms with Gasteiger partial charge >= 0.3 is 0 Å². The molecule has 0 spiro atoms. The third kappa shape index (κ3) is 3.87. The van der Waals surface area contributed by atoms with Gasteiger partial charge in [-0.15, -0.1) is 0 Å².